The topological polar surface area (TPSA) is 123 Å². The van der Waals surface area contributed by atoms with Gasteiger partial charge in [0.1, 0.15) is 17.6 Å². The molecule has 8 nitrogen and oxygen atoms in total. The Morgan fingerprint density at radius 1 is 1.19 bits per heavy atom. The Labute approximate surface area is 184 Å². The number of rotatable bonds is 5. The van der Waals surface area contributed by atoms with Crippen LogP contribution in [0.3, 0.4) is 0 Å². The molecule has 0 radical (unpaired) electrons. The Morgan fingerprint density at radius 2 is 1.88 bits per heavy atom. The van der Waals surface area contributed by atoms with Gasteiger partial charge in [-0.1, -0.05) is 24.3 Å². The van der Waals surface area contributed by atoms with Gasteiger partial charge in [-0.05, 0) is 48.7 Å². The van der Waals surface area contributed by atoms with Gasteiger partial charge in [-0.15, -0.1) is 0 Å². The van der Waals surface area contributed by atoms with Gasteiger partial charge in [0.25, 0.3) is 0 Å². The molecule has 2 aromatic rings. The number of methoxy groups -OCH3 is 1. The van der Waals surface area contributed by atoms with Crippen molar-refractivity contribution in [3.63, 3.8) is 0 Å². The van der Waals surface area contributed by atoms with Gasteiger partial charge in [0.05, 0.1) is 18.3 Å². The standard InChI is InChI=1S/C24H24O8/c1-23(2,29)18-11-15-10-13(4-9-17(15)31-18)12-24(22(28)30-3)19(20(26)21(27)32-24)14-5-7-16(25)8-6-14/h4-10,18,25-26,29H,11-12H2,1-3H3/t18-,24+/m1/s1. The van der Waals surface area contributed by atoms with Crippen molar-refractivity contribution < 1.29 is 39.1 Å². The Bertz CT molecular complexity index is 1110. The summed E-state index contributed by atoms with van der Waals surface area (Å²) in [7, 11) is 1.17. The molecule has 2 heterocycles. The SMILES string of the molecule is COC(=O)[C@@]1(Cc2ccc3c(c2)C[C@H](C(C)(C)O)O3)OC(=O)C(O)=C1c1ccc(O)cc1. The summed E-state index contributed by atoms with van der Waals surface area (Å²) in [4.78, 5) is 25.3. The average molecular weight is 440 g/mol. The number of carbonyl (C=O) groups is 2. The van der Waals surface area contributed by atoms with Crippen LogP contribution in [0.15, 0.2) is 48.2 Å². The molecular formula is C24H24O8. The van der Waals surface area contributed by atoms with Gasteiger partial charge in [-0.2, -0.15) is 0 Å². The van der Waals surface area contributed by atoms with Gasteiger partial charge >= 0.3 is 11.9 Å². The minimum absolute atomic E-state index is 0.0114. The molecular weight excluding hydrogens is 416 g/mol. The minimum Gasteiger partial charge on any atom is -0.508 e. The number of aliphatic hydroxyl groups excluding tert-OH is 1. The van der Waals surface area contributed by atoms with E-state index in [9.17, 15) is 24.9 Å². The van der Waals surface area contributed by atoms with Crippen LogP contribution < -0.4 is 4.74 Å². The maximum Gasteiger partial charge on any atom is 0.375 e. The van der Waals surface area contributed by atoms with Crippen LogP contribution in [-0.4, -0.2) is 51.7 Å². The zero-order valence-electron chi connectivity index (χ0n) is 17.9. The maximum atomic E-state index is 12.9. The van der Waals surface area contributed by atoms with Crippen molar-refractivity contribution in [3.05, 3.63) is 64.9 Å². The third-order valence-electron chi connectivity index (χ3n) is 5.81. The predicted octanol–water partition coefficient (Wildman–Crippen LogP) is 2.45. The van der Waals surface area contributed by atoms with Crippen molar-refractivity contribution in [1.82, 2.24) is 0 Å². The summed E-state index contributed by atoms with van der Waals surface area (Å²) in [6.07, 6.45) is -0.0291. The van der Waals surface area contributed by atoms with Crippen LogP contribution in [0.25, 0.3) is 5.57 Å². The lowest BCUT2D eigenvalue weighted by atomic mass is 9.83. The molecule has 0 bridgehead atoms. The second-order valence-corrected chi connectivity index (χ2v) is 8.56. The lowest BCUT2D eigenvalue weighted by Gasteiger charge is -2.28. The van der Waals surface area contributed by atoms with Crippen LogP contribution in [0.1, 0.15) is 30.5 Å². The number of esters is 2. The van der Waals surface area contributed by atoms with E-state index < -0.39 is 35.0 Å². The third kappa shape index (κ3) is 3.56. The predicted molar refractivity (Wildman–Crippen MR) is 113 cm³/mol. The van der Waals surface area contributed by atoms with E-state index in [1.54, 1.807) is 26.0 Å². The number of cyclic esters (lactones) is 1. The van der Waals surface area contributed by atoms with Crippen LogP contribution >= 0.6 is 0 Å². The molecule has 2 aliphatic heterocycles. The first kappa shape index (κ1) is 21.7. The number of hydrogen-bond acceptors (Lipinski definition) is 8. The summed E-state index contributed by atoms with van der Waals surface area (Å²) >= 11 is 0. The number of carbonyl (C=O) groups excluding carboxylic acids is 2. The van der Waals surface area contributed by atoms with Crippen LogP contribution in [0.2, 0.25) is 0 Å². The van der Waals surface area contributed by atoms with Gasteiger partial charge in [0, 0.05) is 12.8 Å². The second kappa shape index (κ2) is 7.56. The van der Waals surface area contributed by atoms with Gasteiger partial charge in [0.15, 0.2) is 0 Å². The summed E-state index contributed by atoms with van der Waals surface area (Å²) in [5.41, 5.74) is -1.14. The molecule has 0 aliphatic carbocycles. The number of phenols is 1. The highest BCUT2D eigenvalue weighted by molar-refractivity contribution is 6.11. The number of hydrogen-bond donors (Lipinski definition) is 3. The van der Waals surface area contributed by atoms with Crippen LogP contribution in [-0.2, 0) is 31.9 Å². The highest BCUT2D eigenvalue weighted by atomic mass is 16.6. The molecule has 3 N–H and O–H groups in total. The molecule has 0 fully saturated rings. The molecule has 2 aromatic carbocycles. The first-order valence-electron chi connectivity index (χ1n) is 10.1. The highest BCUT2D eigenvalue weighted by Gasteiger charge is 2.55. The van der Waals surface area contributed by atoms with Crippen LogP contribution in [0.4, 0.5) is 0 Å². The monoisotopic (exact) mass is 440 g/mol. The Balaban J connectivity index is 1.75. The van der Waals surface area contributed by atoms with Crippen molar-refractivity contribution in [3.8, 4) is 11.5 Å². The van der Waals surface area contributed by atoms with E-state index in [1.807, 2.05) is 6.07 Å². The summed E-state index contributed by atoms with van der Waals surface area (Å²) in [5, 5.41) is 30.4. The summed E-state index contributed by atoms with van der Waals surface area (Å²) in [5.74, 6) is -1.95. The smallest absolute Gasteiger partial charge is 0.375 e. The number of aliphatic hydroxyl groups is 2. The first-order valence-corrected chi connectivity index (χ1v) is 10.1. The average Bonchev–Trinajstić information content (AvgIpc) is 3.28. The fourth-order valence-corrected chi connectivity index (χ4v) is 4.15. The number of ether oxygens (including phenoxy) is 3. The van der Waals surface area contributed by atoms with E-state index >= 15 is 0 Å². The van der Waals surface area contributed by atoms with Gasteiger partial charge < -0.3 is 29.5 Å². The van der Waals surface area contributed by atoms with Gasteiger partial charge in [0.2, 0.25) is 11.4 Å². The molecule has 0 saturated carbocycles. The van der Waals surface area contributed by atoms with Crippen molar-refractivity contribution in [2.75, 3.05) is 7.11 Å². The number of benzene rings is 2. The van der Waals surface area contributed by atoms with Gasteiger partial charge in [-0.3, -0.25) is 0 Å². The fourth-order valence-electron chi connectivity index (χ4n) is 4.15. The van der Waals surface area contributed by atoms with E-state index in [-0.39, 0.29) is 17.7 Å². The third-order valence-corrected chi connectivity index (χ3v) is 5.81. The minimum atomic E-state index is -1.91. The van der Waals surface area contributed by atoms with Crippen molar-refractivity contribution in [2.24, 2.45) is 0 Å². The Kier molecular flexibility index (Phi) is 5.13. The molecule has 0 unspecified atom stereocenters. The quantitative estimate of drug-likeness (QED) is 0.606. The van der Waals surface area contributed by atoms with E-state index in [4.69, 9.17) is 14.2 Å². The Hall–Kier alpha value is -3.52. The summed E-state index contributed by atoms with van der Waals surface area (Å²) in [6.45, 7) is 3.35. The molecule has 2 aliphatic rings. The van der Waals surface area contributed by atoms with Gasteiger partial charge in [-0.25, -0.2) is 9.59 Å². The summed E-state index contributed by atoms with van der Waals surface area (Å²) in [6, 6.07) is 11.0. The van der Waals surface area contributed by atoms with E-state index in [2.05, 4.69) is 0 Å². The lowest BCUT2D eigenvalue weighted by molar-refractivity contribution is -0.169. The normalized spacial score (nSPS) is 22.4. The summed E-state index contributed by atoms with van der Waals surface area (Å²) < 4.78 is 16.2. The second-order valence-electron chi connectivity index (χ2n) is 8.56. The molecule has 32 heavy (non-hydrogen) atoms. The lowest BCUT2D eigenvalue weighted by Crippen LogP contribution is -2.44. The number of aromatic hydroxyl groups is 1. The molecule has 2 atom stereocenters. The van der Waals surface area contributed by atoms with Crippen molar-refractivity contribution >= 4 is 17.5 Å². The molecule has 0 saturated heterocycles. The zero-order chi connectivity index (χ0) is 23.3. The first-order chi connectivity index (χ1) is 15.0. The molecule has 0 aromatic heterocycles. The van der Waals surface area contributed by atoms with E-state index in [0.29, 0.717) is 23.3 Å². The molecule has 4 rings (SSSR count). The largest absolute Gasteiger partial charge is 0.508 e. The fraction of sp³-hybridized carbons (Fsp3) is 0.333. The molecule has 0 amide bonds. The van der Waals surface area contributed by atoms with Crippen LogP contribution in [0.5, 0.6) is 11.5 Å². The maximum absolute atomic E-state index is 12.9. The Morgan fingerprint density at radius 3 is 2.50 bits per heavy atom. The highest BCUT2D eigenvalue weighted by Crippen LogP contribution is 2.43. The number of fused-ring (bicyclic) bond motifs is 1. The molecule has 0 spiro atoms. The zero-order valence-corrected chi connectivity index (χ0v) is 17.9. The van der Waals surface area contributed by atoms with E-state index in [0.717, 1.165) is 5.56 Å². The van der Waals surface area contributed by atoms with Crippen LogP contribution in [0, 0.1) is 0 Å². The van der Waals surface area contributed by atoms with E-state index in [1.165, 1.54) is 31.4 Å². The number of phenolic OH excluding ortho intramolecular Hbond substituents is 1. The van der Waals surface area contributed by atoms with Crippen molar-refractivity contribution in [1.29, 1.82) is 0 Å². The van der Waals surface area contributed by atoms with Crippen molar-refractivity contribution in [2.45, 2.75) is 44.0 Å². The molecule has 168 valence electrons. The molecule has 8 heteroatoms.